The molecule has 0 saturated heterocycles. The van der Waals surface area contributed by atoms with Gasteiger partial charge in [0.1, 0.15) is 0 Å². The Kier molecular flexibility index (Phi) is 4.97. The molecular formula is C17H24F3N. The molecule has 21 heavy (non-hydrogen) atoms. The molecule has 4 heteroatoms. The van der Waals surface area contributed by atoms with Crippen molar-refractivity contribution in [1.82, 2.24) is 5.32 Å². The van der Waals surface area contributed by atoms with Crippen LogP contribution in [0.2, 0.25) is 0 Å². The van der Waals surface area contributed by atoms with E-state index in [1.807, 2.05) is 6.92 Å². The standard InChI is InChI=1S/C17H24F3N/c1-11-8-9-16(12(2)10-11)21-13(3)14-6-4-5-7-15(14)17(18,19)20/h4-7,11-13,16,21H,8-10H2,1-3H3. The Balaban J connectivity index is 2.12. The molecule has 0 spiro atoms. The number of benzene rings is 1. The Hall–Kier alpha value is -1.03. The van der Waals surface area contributed by atoms with Crippen molar-refractivity contribution in [2.45, 2.75) is 58.3 Å². The molecule has 2 rings (SSSR count). The van der Waals surface area contributed by atoms with Gasteiger partial charge in [0.2, 0.25) is 0 Å². The fourth-order valence-electron chi connectivity index (χ4n) is 3.46. The summed E-state index contributed by atoms with van der Waals surface area (Å²) >= 11 is 0. The van der Waals surface area contributed by atoms with Crippen molar-refractivity contribution in [2.24, 2.45) is 11.8 Å². The van der Waals surface area contributed by atoms with Gasteiger partial charge >= 0.3 is 6.18 Å². The molecule has 0 aliphatic heterocycles. The van der Waals surface area contributed by atoms with Crippen LogP contribution >= 0.6 is 0 Å². The van der Waals surface area contributed by atoms with E-state index in [0.29, 0.717) is 17.5 Å². The zero-order valence-electron chi connectivity index (χ0n) is 12.9. The largest absolute Gasteiger partial charge is 0.416 e. The first-order chi connectivity index (χ1) is 9.79. The highest BCUT2D eigenvalue weighted by Gasteiger charge is 2.35. The molecule has 118 valence electrons. The van der Waals surface area contributed by atoms with E-state index in [4.69, 9.17) is 0 Å². The van der Waals surface area contributed by atoms with E-state index < -0.39 is 11.7 Å². The van der Waals surface area contributed by atoms with Gasteiger partial charge in [-0.15, -0.1) is 0 Å². The van der Waals surface area contributed by atoms with Crippen molar-refractivity contribution >= 4 is 0 Å². The third kappa shape index (κ3) is 4.00. The Morgan fingerprint density at radius 2 is 1.81 bits per heavy atom. The summed E-state index contributed by atoms with van der Waals surface area (Å²) < 4.78 is 39.3. The van der Waals surface area contributed by atoms with E-state index in [0.717, 1.165) is 25.2 Å². The van der Waals surface area contributed by atoms with Crippen molar-refractivity contribution < 1.29 is 13.2 Å². The third-order valence-electron chi connectivity index (χ3n) is 4.63. The number of hydrogen-bond donors (Lipinski definition) is 1. The third-order valence-corrected chi connectivity index (χ3v) is 4.63. The second kappa shape index (κ2) is 6.39. The number of halogens is 3. The van der Waals surface area contributed by atoms with Gasteiger partial charge < -0.3 is 5.32 Å². The van der Waals surface area contributed by atoms with Crippen LogP contribution in [0.1, 0.15) is 57.2 Å². The molecule has 1 nitrogen and oxygen atoms in total. The Bertz CT molecular complexity index is 469. The summed E-state index contributed by atoms with van der Waals surface area (Å²) in [5, 5.41) is 3.42. The minimum atomic E-state index is -4.29. The first kappa shape index (κ1) is 16.3. The molecule has 4 unspecified atom stereocenters. The van der Waals surface area contributed by atoms with Crippen LogP contribution < -0.4 is 5.32 Å². The van der Waals surface area contributed by atoms with Crippen LogP contribution in [0.5, 0.6) is 0 Å². The summed E-state index contributed by atoms with van der Waals surface area (Å²) in [6.45, 7) is 6.26. The summed E-state index contributed by atoms with van der Waals surface area (Å²) in [6.07, 6.45) is -0.957. The lowest BCUT2D eigenvalue weighted by Crippen LogP contribution is -2.40. The van der Waals surface area contributed by atoms with Crippen LogP contribution in [-0.2, 0) is 6.18 Å². The molecule has 0 heterocycles. The predicted molar refractivity (Wildman–Crippen MR) is 79.0 cm³/mol. The van der Waals surface area contributed by atoms with Crippen molar-refractivity contribution in [3.63, 3.8) is 0 Å². The molecule has 4 atom stereocenters. The minimum Gasteiger partial charge on any atom is -0.307 e. The molecule has 1 aliphatic carbocycles. The highest BCUT2D eigenvalue weighted by Crippen LogP contribution is 2.36. The summed E-state index contributed by atoms with van der Waals surface area (Å²) in [7, 11) is 0. The van der Waals surface area contributed by atoms with Crippen LogP contribution in [0.4, 0.5) is 13.2 Å². The zero-order valence-corrected chi connectivity index (χ0v) is 12.9. The van der Waals surface area contributed by atoms with Crippen LogP contribution in [0.3, 0.4) is 0 Å². The minimum absolute atomic E-state index is 0.288. The second-order valence-electron chi connectivity index (χ2n) is 6.48. The van der Waals surface area contributed by atoms with Gasteiger partial charge in [0.25, 0.3) is 0 Å². The van der Waals surface area contributed by atoms with Crippen LogP contribution in [-0.4, -0.2) is 6.04 Å². The quantitative estimate of drug-likeness (QED) is 0.811. The second-order valence-corrected chi connectivity index (χ2v) is 6.48. The first-order valence-electron chi connectivity index (χ1n) is 7.71. The maximum absolute atomic E-state index is 13.1. The maximum Gasteiger partial charge on any atom is 0.416 e. The molecule has 0 bridgehead atoms. The number of hydrogen-bond acceptors (Lipinski definition) is 1. The number of rotatable bonds is 3. The molecule has 1 fully saturated rings. The molecule has 1 saturated carbocycles. The molecule has 1 N–H and O–H groups in total. The van der Waals surface area contributed by atoms with Crippen molar-refractivity contribution in [1.29, 1.82) is 0 Å². The molecule has 1 aromatic carbocycles. The molecule has 0 amide bonds. The average Bonchev–Trinajstić information content (AvgIpc) is 2.41. The van der Waals surface area contributed by atoms with E-state index in [2.05, 4.69) is 19.2 Å². The fourth-order valence-corrected chi connectivity index (χ4v) is 3.46. The van der Waals surface area contributed by atoms with Gasteiger partial charge in [-0.1, -0.05) is 32.0 Å². The van der Waals surface area contributed by atoms with E-state index in [1.165, 1.54) is 12.1 Å². The van der Waals surface area contributed by atoms with Gasteiger partial charge in [0.15, 0.2) is 0 Å². The lowest BCUT2D eigenvalue weighted by molar-refractivity contribution is -0.138. The van der Waals surface area contributed by atoms with Crippen LogP contribution in [0.15, 0.2) is 24.3 Å². The highest BCUT2D eigenvalue weighted by molar-refractivity contribution is 5.32. The topological polar surface area (TPSA) is 12.0 Å². The summed E-state index contributed by atoms with van der Waals surface area (Å²) in [4.78, 5) is 0. The SMILES string of the molecule is CC1CCC(NC(C)c2ccccc2C(F)(F)F)C(C)C1. The van der Waals surface area contributed by atoms with Crippen molar-refractivity contribution in [3.05, 3.63) is 35.4 Å². The normalized spacial score (nSPS) is 28.4. The number of alkyl halides is 3. The Morgan fingerprint density at radius 1 is 1.14 bits per heavy atom. The summed E-state index contributed by atoms with van der Waals surface area (Å²) in [5.74, 6) is 1.23. The molecular weight excluding hydrogens is 275 g/mol. The van der Waals surface area contributed by atoms with Crippen molar-refractivity contribution in [2.75, 3.05) is 0 Å². The zero-order chi connectivity index (χ0) is 15.6. The van der Waals surface area contributed by atoms with E-state index in [-0.39, 0.29) is 6.04 Å². The van der Waals surface area contributed by atoms with Gasteiger partial charge in [-0.3, -0.25) is 0 Å². The smallest absolute Gasteiger partial charge is 0.307 e. The molecule has 0 aromatic heterocycles. The van der Waals surface area contributed by atoms with E-state index >= 15 is 0 Å². The summed E-state index contributed by atoms with van der Waals surface area (Å²) in [6, 6.07) is 5.89. The molecule has 1 aliphatic rings. The van der Waals surface area contributed by atoms with Gasteiger partial charge in [-0.2, -0.15) is 13.2 Å². The average molecular weight is 299 g/mol. The molecule has 1 aromatic rings. The van der Waals surface area contributed by atoms with Crippen LogP contribution in [0, 0.1) is 11.8 Å². The van der Waals surface area contributed by atoms with Gasteiger partial charge in [-0.25, -0.2) is 0 Å². The summed E-state index contributed by atoms with van der Waals surface area (Å²) in [5.41, 5.74) is -0.183. The fraction of sp³-hybridized carbons (Fsp3) is 0.647. The maximum atomic E-state index is 13.1. The Labute approximate surface area is 124 Å². The van der Waals surface area contributed by atoms with Gasteiger partial charge in [0, 0.05) is 12.1 Å². The first-order valence-corrected chi connectivity index (χ1v) is 7.71. The van der Waals surface area contributed by atoms with E-state index in [9.17, 15) is 13.2 Å². The molecule has 0 radical (unpaired) electrons. The predicted octanol–water partition coefficient (Wildman–Crippen LogP) is 5.18. The van der Waals surface area contributed by atoms with Crippen molar-refractivity contribution in [3.8, 4) is 0 Å². The Morgan fingerprint density at radius 3 is 2.43 bits per heavy atom. The number of nitrogens with one attached hydrogen (secondary N) is 1. The van der Waals surface area contributed by atoms with E-state index in [1.54, 1.807) is 12.1 Å². The lowest BCUT2D eigenvalue weighted by atomic mass is 9.79. The van der Waals surface area contributed by atoms with Crippen LogP contribution in [0.25, 0.3) is 0 Å². The highest BCUT2D eigenvalue weighted by atomic mass is 19.4. The van der Waals surface area contributed by atoms with Gasteiger partial charge in [-0.05, 0) is 49.7 Å². The van der Waals surface area contributed by atoms with Gasteiger partial charge in [0.05, 0.1) is 5.56 Å². The lowest BCUT2D eigenvalue weighted by Gasteiger charge is -2.35. The monoisotopic (exact) mass is 299 g/mol.